The van der Waals surface area contributed by atoms with Gasteiger partial charge in [-0.05, 0) is 31.5 Å². The van der Waals surface area contributed by atoms with E-state index >= 15 is 0 Å². The van der Waals surface area contributed by atoms with Gasteiger partial charge < -0.3 is 4.90 Å². The first-order valence-corrected chi connectivity index (χ1v) is 12.0. The molecule has 0 aromatic carbocycles. The van der Waals surface area contributed by atoms with Gasteiger partial charge >= 0.3 is 0 Å². The summed E-state index contributed by atoms with van der Waals surface area (Å²) in [5, 5.41) is 0. The van der Waals surface area contributed by atoms with Gasteiger partial charge in [0, 0.05) is 52.0 Å². The number of piperazine rings is 1. The van der Waals surface area contributed by atoms with Crippen LogP contribution in [0.4, 0.5) is 0 Å². The predicted octanol–water partition coefficient (Wildman–Crippen LogP) is 1.17. The Hall–Kier alpha value is -1.55. The average Bonchev–Trinajstić information content (AvgIpc) is 2.75. The number of nitrogens with zero attached hydrogens (tertiary/aromatic N) is 5. The largest absolute Gasteiger partial charge is 0.339 e. The second-order valence-electron chi connectivity index (χ2n) is 7.62. The van der Waals surface area contributed by atoms with Gasteiger partial charge in [0.05, 0.1) is 11.7 Å². The third kappa shape index (κ3) is 5.14. The molecule has 2 aliphatic heterocycles. The summed E-state index contributed by atoms with van der Waals surface area (Å²) < 4.78 is 28.4. The first kappa shape index (κ1) is 22.1. The average molecular weight is 424 g/mol. The molecule has 0 N–H and O–H groups in total. The van der Waals surface area contributed by atoms with Crippen LogP contribution in [0.3, 0.4) is 0 Å². The molecular weight excluding hydrogens is 390 g/mol. The van der Waals surface area contributed by atoms with E-state index in [9.17, 15) is 13.2 Å². The number of amides is 1. The van der Waals surface area contributed by atoms with E-state index < -0.39 is 10.2 Å². The highest BCUT2D eigenvalue weighted by molar-refractivity contribution is 7.86. The van der Waals surface area contributed by atoms with Crippen LogP contribution in [0.15, 0.2) is 24.4 Å². The summed E-state index contributed by atoms with van der Waals surface area (Å²) in [4.78, 5) is 21.7. The highest BCUT2D eigenvalue weighted by Gasteiger charge is 2.36. The summed E-state index contributed by atoms with van der Waals surface area (Å²) in [6.45, 7) is 7.80. The van der Waals surface area contributed by atoms with Gasteiger partial charge in [0.2, 0.25) is 5.91 Å². The van der Waals surface area contributed by atoms with Crippen molar-refractivity contribution in [3.8, 4) is 0 Å². The van der Waals surface area contributed by atoms with Crippen LogP contribution in [0, 0.1) is 0 Å². The third-order valence-electron chi connectivity index (χ3n) is 5.90. The molecule has 1 aromatic heterocycles. The molecular formula is C20H33N5O3S. The molecule has 0 radical (unpaired) electrons. The molecule has 29 heavy (non-hydrogen) atoms. The molecule has 3 heterocycles. The summed E-state index contributed by atoms with van der Waals surface area (Å²) in [6, 6.07) is 5.72. The summed E-state index contributed by atoms with van der Waals surface area (Å²) in [5.74, 6) is 0.125. The minimum atomic E-state index is -3.44. The van der Waals surface area contributed by atoms with Gasteiger partial charge in [0.25, 0.3) is 10.2 Å². The number of likely N-dealkylation sites (tertiary alicyclic amines) is 1. The Balaban J connectivity index is 1.61. The molecule has 0 spiro atoms. The van der Waals surface area contributed by atoms with E-state index in [1.807, 2.05) is 36.9 Å². The number of hydrogen-bond acceptors (Lipinski definition) is 5. The zero-order valence-corrected chi connectivity index (χ0v) is 18.4. The van der Waals surface area contributed by atoms with E-state index in [1.165, 1.54) is 8.61 Å². The molecule has 2 fully saturated rings. The Morgan fingerprint density at radius 1 is 1.10 bits per heavy atom. The van der Waals surface area contributed by atoms with Gasteiger partial charge in [-0.3, -0.25) is 14.7 Å². The van der Waals surface area contributed by atoms with E-state index in [-0.39, 0.29) is 11.9 Å². The number of aromatic nitrogens is 1. The SMILES string of the molecule is CCN(CC)S(=O)(=O)N1CCN(C(=O)C2CCCCN2Cc2ccccn2)CC1. The van der Waals surface area contributed by atoms with Gasteiger partial charge in [-0.1, -0.05) is 26.3 Å². The maximum atomic E-state index is 13.2. The highest BCUT2D eigenvalue weighted by Crippen LogP contribution is 2.22. The Bertz CT molecular complexity index is 762. The third-order valence-corrected chi connectivity index (χ3v) is 8.08. The van der Waals surface area contributed by atoms with Crippen molar-refractivity contribution in [1.82, 2.24) is 23.4 Å². The molecule has 1 aromatic rings. The number of rotatable bonds is 7. The van der Waals surface area contributed by atoms with Crippen LogP contribution in [0.2, 0.25) is 0 Å². The van der Waals surface area contributed by atoms with E-state index in [4.69, 9.17) is 0 Å². The molecule has 9 heteroatoms. The lowest BCUT2D eigenvalue weighted by Gasteiger charge is -2.41. The molecule has 1 unspecified atom stereocenters. The van der Waals surface area contributed by atoms with Crippen LogP contribution < -0.4 is 0 Å². The lowest BCUT2D eigenvalue weighted by molar-refractivity contribution is -0.139. The van der Waals surface area contributed by atoms with Crippen LogP contribution in [-0.4, -0.2) is 89.6 Å². The Labute approximate surface area is 174 Å². The molecule has 1 amide bonds. The number of pyridine rings is 1. The first-order chi connectivity index (χ1) is 14.0. The maximum Gasteiger partial charge on any atom is 0.282 e. The van der Waals surface area contributed by atoms with Crippen LogP contribution in [0.1, 0.15) is 38.8 Å². The summed E-state index contributed by atoms with van der Waals surface area (Å²) >= 11 is 0. The van der Waals surface area contributed by atoms with Crippen LogP contribution in [0.5, 0.6) is 0 Å². The van der Waals surface area contributed by atoms with Crippen molar-refractivity contribution < 1.29 is 13.2 Å². The summed E-state index contributed by atoms with van der Waals surface area (Å²) in [5.41, 5.74) is 0.974. The smallest absolute Gasteiger partial charge is 0.282 e. The Morgan fingerprint density at radius 2 is 1.83 bits per heavy atom. The lowest BCUT2D eigenvalue weighted by Crippen LogP contribution is -2.58. The second-order valence-corrected chi connectivity index (χ2v) is 9.55. The van der Waals surface area contributed by atoms with Gasteiger partial charge in [-0.2, -0.15) is 17.0 Å². The fraction of sp³-hybridized carbons (Fsp3) is 0.700. The molecule has 2 saturated heterocycles. The zero-order chi connectivity index (χ0) is 20.9. The predicted molar refractivity (Wildman–Crippen MR) is 112 cm³/mol. The fourth-order valence-corrected chi connectivity index (χ4v) is 5.83. The van der Waals surface area contributed by atoms with Crippen molar-refractivity contribution in [3.63, 3.8) is 0 Å². The number of piperidine rings is 1. The zero-order valence-electron chi connectivity index (χ0n) is 17.5. The van der Waals surface area contributed by atoms with E-state index in [0.29, 0.717) is 45.8 Å². The normalized spacial score (nSPS) is 22.2. The van der Waals surface area contributed by atoms with Crippen molar-refractivity contribution in [3.05, 3.63) is 30.1 Å². The molecule has 2 aliphatic rings. The number of carbonyl (C=O) groups is 1. The minimum absolute atomic E-state index is 0.125. The monoisotopic (exact) mass is 423 g/mol. The van der Waals surface area contributed by atoms with E-state index in [0.717, 1.165) is 31.5 Å². The lowest BCUT2D eigenvalue weighted by atomic mass is 10.00. The Morgan fingerprint density at radius 3 is 2.45 bits per heavy atom. The molecule has 1 atom stereocenters. The molecule has 162 valence electrons. The molecule has 0 bridgehead atoms. The van der Waals surface area contributed by atoms with Crippen molar-refractivity contribution in [2.24, 2.45) is 0 Å². The number of carbonyl (C=O) groups excluding carboxylic acids is 1. The van der Waals surface area contributed by atoms with Crippen molar-refractivity contribution in [1.29, 1.82) is 0 Å². The van der Waals surface area contributed by atoms with Gasteiger partial charge in [0.1, 0.15) is 0 Å². The molecule has 3 rings (SSSR count). The van der Waals surface area contributed by atoms with Gasteiger partial charge in [0.15, 0.2) is 0 Å². The maximum absolute atomic E-state index is 13.2. The summed E-state index contributed by atoms with van der Waals surface area (Å²) in [6.07, 6.45) is 4.77. The molecule has 0 aliphatic carbocycles. The van der Waals surface area contributed by atoms with E-state index in [2.05, 4.69) is 9.88 Å². The van der Waals surface area contributed by atoms with Crippen molar-refractivity contribution in [2.45, 2.75) is 45.7 Å². The Kier molecular flexibility index (Phi) is 7.61. The van der Waals surface area contributed by atoms with Crippen molar-refractivity contribution >= 4 is 16.1 Å². The topological polar surface area (TPSA) is 77.1 Å². The minimum Gasteiger partial charge on any atom is -0.339 e. The fourth-order valence-electron chi connectivity index (χ4n) is 4.22. The molecule has 0 saturated carbocycles. The van der Waals surface area contributed by atoms with Crippen LogP contribution >= 0.6 is 0 Å². The second kappa shape index (κ2) is 9.97. The van der Waals surface area contributed by atoms with E-state index in [1.54, 1.807) is 6.20 Å². The quantitative estimate of drug-likeness (QED) is 0.658. The first-order valence-electron chi connectivity index (χ1n) is 10.6. The summed E-state index contributed by atoms with van der Waals surface area (Å²) in [7, 11) is -3.44. The van der Waals surface area contributed by atoms with Crippen molar-refractivity contribution in [2.75, 3.05) is 45.8 Å². The molecule has 8 nitrogen and oxygen atoms in total. The standard InChI is InChI=1S/C20H33N5O3S/c1-3-24(4-2)29(27,28)25-15-13-22(14-16-25)20(26)19-10-6-8-12-23(19)17-18-9-5-7-11-21-18/h5,7,9,11,19H,3-4,6,8,10,12-17H2,1-2H3. The van der Waals surface area contributed by atoms with Crippen LogP contribution in [0.25, 0.3) is 0 Å². The van der Waals surface area contributed by atoms with Gasteiger partial charge in [-0.25, -0.2) is 0 Å². The number of hydrogen-bond donors (Lipinski definition) is 0. The van der Waals surface area contributed by atoms with Crippen LogP contribution in [-0.2, 0) is 21.5 Å². The highest BCUT2D eigenvalue weighted by atomic mass is 32.2. The van der Waals surface area contributed by atoms with Gasteiger partial charge in [-0.15, -0.1) is 0 Å².